The summed E-state index contributed by atoms with van der Waals surface area (Å²) in [6.07, 6.45) is 6.24. The monoisotopic (exact) mass is 251 g/mol. The second-order valence-electron chi connectivity index (χ2n) is 4.49. The van der Waals surface area contributed by atoms with Crippen molar-refractivity contribution in [2.75, 3.05) is 26.7 Å². The molecule has 102 valence electrons. The summed E-state index contributed by atoms with van der Waals surface area (Å²) in [6.45, 7) is 10.6. The number of nitrogens with one attached hydrogen (secondary N) is 1. The fourth-order valence-corrected chi connectivity index (χ4v) is 1.67. The van der Waals surface area contributed by atoms with Gasteiger partial charge >= 0.3 is 0 Å². The standard InChI is InChI=1S/C13H25N5/c1-4-6-7-8-17(3)9-10-18-12-13(15-16-18)11-14-5-2/h4,12,14H,1,5-11H2,2-3H3. The van der Waals surface area contributed by atoms with E-state index in [1.165, 1.54) is 6.42 Å². The van der Waals surface area contributed by atoms with E-state index in [1.54, 1.807) is 0 Å². The third-order valence-corrected chi connectivity index (χ3v) is 2.80. The highest BCUT2D eigenvalue weighted by Crippen LogP contribution is 1.96. The van der Waals surface area contributed by atoms with Crippen molar-refractivity contribution in [2.24, 2.45) is 0 Å². The number of unbranched alkanes of at least 4 members (excludes halogenated alkanes) is 1. The number of rotatable bonds is 10. The molecule has 0 aromatic carbocycles. The highest BCUT2D eigenvalue weighted by atomic mass is 15.4. The van der Waals surface area contributed by atoms with E-state index in [9.17, 15) is 0 Å². The van der Waals surface area contributed by atoms with Gasteiger partial charge in [0.1, 0.15) is 0 Å². The van der Waals surface area contributed by atoms with Crippen molar-refractivity contribution < 1.29 is 0 Å². The zero-order valence-corrected chi connectivity index (χ0v) is 11.6. The Morgan fingerprint density at radius 2 is 2.33 bits per heavy atom. The van der Waals surface area contributed by atoms with E-state index in [4.69, 9.17) is 0 Å². The van der Waals surface area contributed by atoms with Gasteiger partial charge in [0.15, 0.2) is 0 Å². The van der Waals surface area contributed by atoms with Crippen molar-refractivity contribution in [3.8, 4) is 0 Å². The van der Waals surface area contributed by atoms with Crippen LogP contribution in [0.3, 0.4) is 0 Å². The highest BCUT2D eigenvalue weighted by Gasteiger charge is 2.02. The van der Waals surface area contributed by atoms with Crippen LogP contribution in [0.1, 0.15) is 25.5 Å². The number of likely N-dealkylation sites (N-methyl/N-ethyl adjacent to an activating group) is 1. The zero-order valence-electron chi connectivity index (χ0n) is 11.6. The number of hydrogen-bond acceptors (Lipinski definition) is 4. The summed E-state index contributed by atoms with van der Waals surface area (Å²) in [5.41, 5.74) is 1.01. The lowest BCUT2D eigenvalue weighted by Crippen LogP contribution is -2.24. The maximum Gasteiger partial charge on any atom is 0.0964 e. The first kappa shape index (κ1) is 14.9. The fraction of sp³-hybridized carbons (Fsp3) is 0.692. The first-order valence-electron chi connectivity index (χ1n) is 6.65. The Kier molecular flexibility index (Phi) is 7.29. The maximum atomic E-state index is 4.13. The topological polar surface area (TPSA) is 46.0 Å². The molecule has 0 aliphatic carbocycles. The molecule has 5 heteroatoms. The molecule has 0 aliphatic rings. The van der Waals surface area contributed by atoms with Crippen LogP contribution in [0.5, 0.6) is 0 Å². The SMILES string of the molecule is C=CCCCN(C)CCn1cc(CNCC)nn1. The molecule has 18 heavy (non-hydrogen) atoms. The minimum absolute atomic E-state index is 0.797. The van der Waals surface area contributed by atoms with Crippen LogP contribution < -0.4 is 5.32 Å². The summed E-state index contributed by atoms with van der Waals surface area (Å²) in [5, 5.41) is 11.5. The van der Waals surface area contributed by atoms with E-state index in [0.717, 1.165) is 44.8 Å². The summed E-state index contributed by atoms with van der Waals surface area (Å²) >= 11 is 0. The van der Waals surface area contributed by atoms with E-state index in [1.807, 2.05) is 17.0 Å². The number of hydrogen-bond donors (Lipinski definition) is 1. The van der Waals surface area contributed by atoms with Gasteiger partial charge in [-0.05, 0) is 33.0 Å². The molecule has 1 aromatic heterocycles. The van der Waals surface area contributed by atoms with Crippen molar-refractivity contribution in [1.82, 2.24) is 25.2 Å². The van der Waals surface area contributed by atoms with E-state index >= 15 is 0 Å². The van der Waals surface area contributed by atoms with E-state index < -0.39 is 0 Å². The molecule has 0 saturated heterocycles. The average molecular weight is 251 g/mol. The Balaban J connectivity index is 2.21. The highest BCUT2D eigenvalue weighted by molar-refractivity contribution is 4.91. The van der Waals surface area contributed by atoms with Gasteiger partial charge in [-0.15, -0.1) is 11.7 Å². The molecule has 1 aromatic rings. The summed E-state index contributed by atoms with van der Waals surface area (Å²) in [4.78, 5) is 2.31. The molecule has 0 radical (unpaired) electrons. The van der Waals surface area contributed by atoms with E-state index in [-0.39, 0.29) is 0 Å². The molecular weight excluding hydrogens is 226 g/mol. The predicted molar refractivity (Wildman–Crippen MR) is 74.3 cm³/mol. The summed E-state index contributed by atoms with van der Waals surface area (Å²) in [5.74, 6) is 0. The molecule has 0 aliphatic heterocycles. The minimum atomic E-state index is 0.797. The molecule has 1 rings (SSSR count). The van der Waals surface area contributed by atoms with E-state index in [0.29, 0.717) is 0 Å². The van der Waals surface area contributed by atoms with Gasteiger partial charge in [0.05, 0.1) is 12.2 Å². The zero-order chi connectivity index (χ0) is 13.2. The van der Waals surface area contributed by atoms with Gasteiger partial charge in [0.25, 0.3) is 0 Å². The first-order chi connectivity index (χ1) is 8.76. The second kappa shape index (κ2) is 8.83. The van der Waals surface area contributed by atoms with Crippen molar-refractivity contribution in [2.45, 2.75) is 32.9 Å². The van der Waals surface area contributed by atoms with Gasteiger partial charge < -0.3 is 10.2 Å². The lowest BCUT2D eigenvalue weighted by molar-refractivity contribution is 0.308. The van der Waals surface area contributed by atoms with Crippen LogP contribution in [0.25, 0.3) is 0 Å². The molecule has 0 spiro atoms. The van der Waals surface area contributed by atoms with Crippen LogP contribution in [0.4, 0.5) is 0 Å². The van der Waals surface area contributed by atoms with Gasteiger partial charge in [0.2, 0.25) is 0 Å². The largest absolute Gasteiger partial charge is 0.311 e. The lowest BCUT2D eigenvalue weighted by Gasteiger charge is -2.15. The summed E-state index contributed by atoms with van der Waals surface area (Å²) in [6, 6.07) is 0. The van der Waals surface area contributed by atoms with Gasteiger partial charge in [-0.25, -0.2) is 0 Å². The molecule has 0 unspecified atom stereocenters. The maximum absolute atomic E-state index is 4.13. The Labute approximate surface area is 110 Å². The number of nitrogens with zero attached hydrogens (tertiary/aromatic N) is 4. The smallest absolute Gasteiger partial charge is 0.0964 e. The Bertz CT molecular complexity index is 334. The quantitative estimate of drug-likeness (QED) is 0.503. The molecule has 1 heterocycles. The van der Waals surface area contributed by atoms with Crippen molar-refractivity contribution in [3.05, 3.63) is 24.5 Å². The van der Waals surface area contributed by atoms with Gasteiger partial charge in [-0.2, -0.15) is 0 Å². The van der Waals surface area contributed by atoms with Gasteiger partial charge in [0, 0.05) is 19.3 Å². The molecule has 1 N–H and O–H groups in total. The summed E-state index contributed by atoms with van der Waals surface area (Å²) < 4.78 is 1.91. The molecule has 0 fully saturated rings. The Morgan fingerprint density at radius 3 is 3.06 bits per heavy atom. The van der Waals surface area contributed by atoms with Gasteiger partial charge in [-0.1, -0.05) is 18.2 Å². The number of aromatic nitrogens is 3. The van der Waals surface area contributed by atoms with Crippen LogP contribution >= 0.6 is 0 Å². The molecule has 0 atom stereocenters. The van der Waals surface area contributed by atoms with E-state index in [2.05, 4.69) is 41.1 Å². The average Bonchev–Trinajstić information content (AvgIpc) is 2.82. The van der Waals surface area contributed by atoms with Crippen LogP contribution in [-0.2, 0) is 13.1 Å². The Hall–Kier alpha value is -1.20. The lowest BCUT2D eigenvalue weighted by atomic mass is 10.3. The van der Waals surface area contributed by atoms with Crippen LogP contribution in [0.2, 0.25) is 0 Å². The Morgan fingerprint density at radius 1 is 1.50 bits per heavy atom. The summed E-state index contributed by atoms with van der Waals surface area (Å²) in [7, 11) is 2.14. The normalized spacial score (nSPS) is 11.1. The van der Waals surface area contributed by atoms with Crippen molar-refractivity contribution >= 4 is 0 Å². The molecule has 5 nitrogen and oxygen atoms in total. The minimum Gasteiger partial charge on any atom is -0.311 e. The van der Waals surface area contributed by atoms with Gasteiger partial charge in [-0.3, -0.25) is 4.68 Å². The van der Waals surface area contributed by atoms with Crippen LogP contribution in [0, 0.1) is 0 Å². The molecule has 0 bridgehead atoms. The molecule has 0 saturated carbocycles. The number of allylic oxidation sites excluding steroid dienone is 1. The fourth-order valence-electron chi connectivity index (χ4n) is 1.67. The third kappa shape index (κ3) is 5.93. The molecular formula is C13H25N5. The first-order valence-corrected chi connectivity index (χ1v) is 6.65. The third-order valence-electron chi connectivity index (χ3n) is 2.80. The van der Waals surface area contributed by atoms with Crippen molar-refractivity contribution in [1.29, 1.82) is 0 Å². The van der Waals surface area contributed by atoms with Crippen LogP contribution in [0.15, 0.2) is 18.9 Å². The second-order valence-corrected chi connectivity index (χ2v) is 4.49. The van der Waals surface area contributed by atoms with Crippen LogP contribution in [-0.4, -0.2) is 46.6 Å². The predicted octanol–water partition coefficient (Wildman–Crippen LogP) is 1.29. The van der Waals surface area contributed by atoms with Crippen molar-refractivity contribution in [3.63, 3.8) is 0 Å². The molecule has 0 amide bonds.